The zero-order valence-corrected chi connectivity index (χ0v) is 11.9. The molecule has 0 unspecified atom stereocenters. The van der Waals surface area contributed by atoms with E-state index in [2.05, 4.69) is 10.3 Å². The second-order valence-electron chi connectivity index (χ2n) is 4.58. The van der Waals surface area contributed by atoms with E-state index in [1.165, 1.54) is 4.90 Å². The first-order valence-electron chi connectivity index (χ1n) is 6.28. The molecule has 7 heteroatoms. The van der Waals surface area contributed by atoms with Crippen molar-refractivity contribution in [3.63, 3.8) is 0 Å². The van der Waals surface area contributed by atoms with Gasteiger partial charge in [0, 0.05) is 27.2 Å². The summed E-state index contributed by atoms with van der Waals surface area (Å²) in [6, 6.07) is 5.52. The summed E-state index contributed by atoms with van der Waals surface area (Å²) in [5.74, 6) is 1.09. The SMILES string of the molecule is COc1cccc2c1nc(N)n2CCNC(=O)N(C)C. The van der Waals surface area contributed by atoms with Crippen molar-refractivity contribution in [2.75, 3.05) is 33.5 Å². The first-order chi connectivity index (χ1) is 9.54. The molecule has 108 valence electrons. The maximum Gasteiger partial charge on any atom is 0.316 e. The molecule has 2 aromatic rings. The summed E-state index contributed by atoms with van der Waals surface area (Å²) in [6.07, 6.45) is 0. The molecule has 0 saturated carbocycles. The number of amides is 2. The summed E-state index contributed by atoms with van der Waals surface area (Å²) in [6.45, 7) is 1.03. The van der Waals surface area contributed by atoms with E-state index in [4.69, 9.17) is 10.5 Å². The number of nitrogens with two attached hydrogens (primary N) is 1. The molecule has 1 aromatic carbocycles. The number of hydrogen-bond donors (Lipinski definition) is 2. The zero-order chi connectivity index (χ0) is 14.7. The summed E-state index contributed by atoms with van der Waals surface area (Å²) >= 11 is 0. The number of nitrogens with zero attached hydrogens (tertiary/aromatic N) is 3. The normalized spacial score (nSPS) is 10.6. The quantitative estimate of drug-likeness (QED) is 0.869. The number of carbonyl (C=O) groups is 1. The van der Waals surface area contributed by atoms with Crippen LogP contribution >= 0.6 is 0 Å². The maximum absolute atomic E-state index is 11.5. The fourth-order valence-corrected chi connectivity index (χ4v) is 1.97. The molecule has 20 heavy (non-hydrogen) atoms. The van der Waals surface area contributed by atoms with Crippen molar-refractivity contribution >= 4 is 23.0 Å². The van der Waals surface area contributed by atoms with Gasteiger partial charge in [0.15, 0.2) is 0 Å². The minimum atomic E-state index is -0.134. The molecule has 2 rings (SSSR count). The van der Waals surface area contributed by atoms with Crippen molar-refractivity contribution in [3.05, 3.63) is 18.2 Å². The van der Waals surface area contributed by atoms with Crippen molar-refractivity contribution in [1.29, 1.82) is 0 Å². The Kier molecular flexibility index (Phi) is 3.97. The van der Waals surface area contributed by atoms with E-state index in [0.717, 1.165) is 11.0 Å². The van der Waals surface area contributed by atoms with Gasteiger partial charge in [-0.05, 0) is 12.1 Å². The van der Waals surface area contributed by atoms with Gasteiger partial charge in [-0.15, -0.1) is 0 Å². The first-order valence-corrected chi connectivity index (χ1v) is 6.28. The number of imidazole rings is 1. The van der Waals surface area contributed by atoms with Crippen LogP contribution in [0.15, 0.2) is 18.2 Å². The highest BCUT2D eigenvalue weighted by atomic mass is 16.5. The Morgan fingerprint density at radius 3 is 2.90 bits per heavy atom. The van der Waals surface area contributed by atoms with E-state index in [0.29, 0.717) is 24.8 Å². The van der Waals surface area contributed by atoms with Crippen LogP contribution in [-0.4, -0.2) is 48.2 Å². The molecule has 0 atom stereocenters. The summed E-state index contributed by atoms with van der Waals surface area (Å²) in [5.41, 5.74) is 7.54. The third kappa shape index (κ3) is 2.61. The van der Waals surface area contributed by atoms with Crippen molar-refractivity contribution in [1.82, 2.24) is 19.8 Å². The van der Waals surface area contributed by atoms with Crippen LogP contribution in [0.25, 0.3) is 11.0 Å². The minimum absolute atomic E-state index is 0.134. The minimum Gasteiger partial charge on any atom is -0.494 e. The molecule has 3 N–H and O–H groups in total. The standard InChI is InChI=1S/C13H19N5O2/c1-17(2)13(19)15-7-8-18-9-5-4-6-10(20-3)11(9)16-12(18)14/h4-6H,7-8H2,1-3H3,(H2,14,16)(H,15,19). The molecule has 0 saturated heterocycles. The number of anilines is 1. The molecule has 1 heterocycles. The lowest BCUT2D eigenvalue weighted by Crippen LogP contribution is -2.36. The largest absolute Gasteiger partial charge is 0.494 e. The highest BCUT2D eigenvalue weighted by Gasteiger charge is 2.12. The Balaban J connectivity index is 2.18. The van der Waals surface area contributed by atoms with Gasteiger partial charge in [-0.25, -0.2) is 9.78 Å². The molecule has 0 aliphatic heterocycles. The fourth-order valence-electron chi connectivity index (χ4n) is 1.97. The van der Waals surface area contributed by atoms with Crippen molar-refractivity contribution in [2.24, 2.45) is 0 Å². The van der Waals surface area contributed by atoms with E-state index in [1.807, 2.05) is 22.8 Å². The molecule has 2 amide bonds. The number of aromatic nitrogens is 2. The number of para-hydroxylation sites is 1. The first kappa shape index (κ1) is 14.0. The lowest BCUT2D eigenvalue weighted by atomic mass is 10.3. The van der Waals surface area contributed by atoms with E-state index in [9.17, 15) is 4.79 Å². The van der Waals surface area contributed by atoms with Crippen LogP contribution < -0.4 is 15.8 Å². The van der Waals surface area contributed by atoms with Crippen LogP contribution in [-0.2, 0) is 6.54 Å². The van der Waals surface area contributed by atoms with E-state index >= 15 is 0 Å². The van der Waals surface area contributed by atoms with Crippen LogP contribution in [0.4, 0.5) is 10.7 Å². The summed E-state index contributed by atoms with van der Waals surface area (Å²) < 4.78 is 7.12. The number of benzene rings is 1. The van der Waals surface area contributed by atoms with Gasteiger partial charge in [-0.2, -0.15) is 0 Å². The average molecular weight is 277 g/mol. The van der Waals surface area contributed by atoms with Crippen molar-refractivity contribution < 1.29 is 9.53 Å². The molecular formula is C13H19N5O2. The van der Waals surface area contributed by atoms with Crippen LogP contribution in [0.3, 0.4) is 0 Å². The molecule has 0 aliphatic carbocycles. The highest BCUT2D eigenvalue weighted by molar-refractivity contribution is 5.84. The Hall–Kier alpha value is -2.44. The number of nitrogens with one attached hydrogen (secondary N) is 1. The Morgan fingerprint density at radius 2 is 2.25 bits per heavy atom. The molecule has 0 aliphatic rings. The third-order valence-electron chi connectivity index (χ3n) is 3.01. The average Bonchev–Trinajstić information content (AvgIpc) is 2.74. The highest BCUT2D eigenvalue weighted by Crippen LogP contribution is 2.26. The second-order valence-corrected chi connectivity index (χ2v) is 4.58. The number of methoxy groups -OCH3 is 1. The van der Waals surface area contributed by atoms with Gasteiger partial charge in [0.25, 0.3) is 0 Å². The van der Waals surface area contributed by atoms with Crippen LogP contribution in [0, 0.1) is 0 Å². The smallest absolute Gasteiger partial charge is 0.316 e. The third-order valence-corrected chi connectivity index (χ3v) is 3.01. The predicted molar refractivity (Wildman–Crippen MR) is 77.8 cm³/mol. The summed E-state index contributed by atoms with van der Waals surface area (Å²) in [4.78, 5) is 17.3. The van der Waals surface area contributed by atoms with Gasteiger partial charge >= 0.3 is 6.03 Å². The molecule has 1 aromatic heterocycles. The lowest BCUT2D eigenvalue weighted by molar-refractivity contribution is 0.217. The molecule has 0 radical (unpaired) electrons. The maximum atomic E-state index is 11.5. The van der Waals surface area contributed by atoms with Crippen molar-refractivity contribution in [2.45, 2.75) is 6.54 Å². The lowest BCUT2D eigenvalue weighted by Gasteiger charge is -2.13. The number of rotatable bonds is 4. The van der Waals surface area contributed by atoms with Gasteiger partial charge in [-0.3, -0.25) is 0 Å². The molecule has 0 bridgehead atoms. The van der Waals surface area contributed by atoms with E-state index in [-0.39, 0.29) is 6.03 Å². The molecule has 0 fully saturated rings. The van der Waals surface area contributed by atoms with Crippen LogP contribution in [0.2, 0.25) is 0 Å². The Morgan fingerprint density at radius 1 is 1.50 bits per heavy atom. The number of ether oxygens (including phenoxy) is 1. The fraction of sp³-hybridized carbons (Fsp3) is 0.385. The van der Waals surface area contributed by atoms with Gasteiger partial charge in [0.2, 0.25) is 5.95 Å². The molecular weight excluding hydrogens is 258 g/mol. The molecule has 0 spiro atoms. The van der Waals surface area contributed by atoms with Crippen molar-refractivity contribution in [3.8, 4) is 5.75 Å². The predicted octanol–water partition coefficient (Wildman–Crippen LogP) is 0.898. The van der Waals surface area contributed by atoms with Crippen LogP contribution in [0.1, 0.15) is 0 Å². The van der Waals surface area contributed by atoms with Crippen LogP contribution in [0.5, 0.6) is 5.75 Å². The number of carbonyl (C=O) groups excluding carboxylic acids is 1. The zero-order valence-electron chi connectivity index (χ0n) is 11.9. The Bertz CT molecular complexity index is 620. The number of nitrogen functional groups attached to an aromatic ring is 1. The number of urea groups is 1. The summed E-state index contributed by atoms with van der Waals surface area (Å²) in [7, 11) is 4.99. The topological polar surface area (TPSA) is 85.4 Å². The van der Waals surface area contributed by atoms with Gasteiger partial charge in [0.05, 0.1) is 12.6 Å². The second kappa shape index (κ2) is 5.68. The van der Waals surface area contributed by atoms with E-state index < -0.39 is 0 Å². The number of hydrogen-bond acceptors (Lipinski definition) is 4. The Labute approximate surface area is 117 Å². The monoisotopic (exact) mass is 277 g/mol. The molecule has 7 nitrogen and oxygen atoms in total. The van der Waals surface area contributed by atoms with Gasteiger partial charge < -0.3 is 25.3 Å². The summed E-state index contributed by atoms with van der Waals surface area (Å²) in [5, 5.41) is 2.79. The van der Waals surface area contributed by atoms with Gasteiger partial charge in [0.1, 0.15) is 11.3 Å². The number of fused-ring (bicyclic) bond motifs is 1. The van der Waals surface area contributed by atoms with E-state index in [1.54, 1.807) is 21.2 Å². The van der Waals surface area contributed by atoms with Gasteiger partial charge in [-0.1, -0.05) is 6.07 Å².